The molecule has 1 aromatic heterocycles. The van der Waals surface area contributed by atoms with Gasteiger partial charge in [0, 0.05) is 43.1 Å². The normalized spacial score (nSPS) is 12.2. The Bertz CT molecular complexity index is 1050. The molecule has 0 saturated heterocycles. The summed E-state index contributed by atoms with van der Waals surface area (Å²) in [5, 5.41) is 13.0. The van der Waals surface area contributed by atoms with Gasteiger partial charge in [-0.05, 0) is 47.9 Å². The van der Waals surface area contributed by atoms with Crippen molar-refractivity contribution in [1.29, 1.82) is 5.26 Å². The van der Waals surface area contributed by atoms with Crippen molar-refractivity contribution >= 4 is 17.2 Å². The third-order valence-corrected chi connectivity index (χ3v) is 4.96. The van der Waals surface area contributed by atoms with Crippen molar-refractivity contribution in [3.63, 3.8) is 0 Å². The average Bonchev–Trinajstić information content (AvgIpc) is 3.15. The van der Waals surface area contributed by atoms with Gasteiger partial charge < -0.3 is 16.0 Å². The highest BCUT2D eigenvalue weighted by atomic mass is 15.1. The molecule has 27 heavy (non-hydrogen) atoms. The molecular formula is C22H21N5. The van der Waals surface area contributed by atoms with Gasteiger partial charge >= 0.3 is 0 Å². The van der Waals surface area contributed by atoms with Crippen LogP contribution in [-0.2, 0) is 6.42 Å². The standard InChI is InChI=1S/C22H21N5/c1-27(2)17-6-3-14(4-7-17)18-12-21(26-22(24)19(18)13-23)15-5-8-20-16(11-15)9-10-25-20/h3-8,11-12,25H,9-10H2,1-2H3,(H2,24,26). The van der Waals surface area contributed by atoms with Crippen LogP contribution >= 0.6 is 0 Å². The summed E-state index contributed by atoms with van der Waals surface area (Å²) in [4.78, 5) is 6.54. The summed E-state index contributed by atoms with van der Waals surface area (Å²) < 4.78 is 0. The summed E-state index contributed by atoms with van der Waals surface area (Å²) in [7, 11) is 4.00. The van der Waals surface area contributed by atoms with Crippen molar-refractivity contribution in [2.24, 2.45) is 0 Å². The molecule has 2 aromatic carbocycles. The number of aromatic nitrogens is 1. The van der Waals surface area contributed by atoms with Gasteiger partial charge in [-0.1, -0.05) is 18.2 Å². The van der Waals surface area contributed by atoms with Crippen LogP contribution in [-0.4, -0.2) is 25.6 Å². The first-order valence-electron chi connectivity index (χ1n) is 8.92. The van der Waals surface area contributed by atoms with Gasteiger partial charge in [0.2, 0.25) is 0 Å². The third-order valence-electron chi connectivity index (χ3n) is 4.96. The van der Waals surface area contributed by atoms with Crippen LogP contribution in [0.3, 0.4) is 0 Å². The third kappa shape index (κ3) is 3.06. The molecule has 2 heterocycles. The fourth-order valence-electron chi connectivity index (χ4n) is 3.46. The Balaban J connectivity index is 1.83. The number of nitrogens with one attached hydrogen (secondary N) is 1. The van der Waals surface area contributed by atoms with E-state index in [2.05, 4.69) is 28.5 Å². The van der Waals surface area contributed by atoms with E-state index in [4.69, 9.17) is 5.73 Å². The second-order valence-electron chi connectivity index (χ2n) is 6.92. The van der Waals surface area contributed by atoms with E-state index >= 15 is 0 Å². The lowest BCUT2D eigenvalue weighted by Crippen LogP contribution is -2.08. The average molecular weight is 355 g/mol. The number of nitrogens with zero attached hydrogens (tertiary/aromatic N) is 3. The summed E-state index contributed by atoms with van der Waals surface area (Å²) in [6.07, 6.45) is 1.01. The predicted octanol–water partition coefficient (Wildman–Crippen LogP) is 3.90. The maximum atomic E-state index is 9.61. The van der Waals surface area contributed by atoms with E-state index < -0.39 is 0 Å². The number of nitriles is 1. The molecule has 3 N–H and O–H groups in total. The van der Waals surface area contributed by atoms with Gasteiger partial charge in [0.25, 0.3) is 0 Å². The van der Waals surface area contributed by atoms with Crippen LogP contribution < -0.4 is 16.0 Å². The monoisotopic (exact) mass is 355 g/mol. The number of hydrogen-bond acceptors (Lipinski definition) is 5. The molecule has 0 spiro atoms. The van der Waals surface area contributed by atoms with Crippen LogP contribution in [0.1, 0.15) is 11.1 Å². The number of benzene rings is 2. The number of pyridine rings is 1. The minimum absolute atomic E-state index is 0.264. The molecule has 0 bridgehead atoms. The molecule has 1 aliphatic heterocycles. The molecule has 0 unspecified atom stereocenters. The van der Waals surface area contributed by atoms with Crippen LogP contribution in [0.15, 0.2) is 48.5 Å². The highest BCUT2D eigenvalue weighted by Crippen LogP contribution is 2.34. The van der Waals surface area contributed by atoms with E-state index in [-0.39, 0.29) is 5.82 Å². The van der Waals surface area contributed by atoms with Gasteiger partial charge in [-0.2, -0.15) is 5.26 Å². The van der Waals surface area contributed by atoms with Crippen molar-refractivity contribution in [3.8, 4) is 28.5 Å². The second kappa shape index (κ2) is 6.65. The molecule has 0 saturated carbocycles. The SMILES string of the molecule is CN(C)c1ccc(-c2cc(-c3ccc4c(c3)CCN4)nc(N)c2C#N)cc1. The molecule has 1 aliphatic rings. The van der Waals surface area contributed by atoms with E-state index in [1.165, 1.54) is 11.3 Å². The molecule has 0 fully saturated rings. The highest BCUT2D eigenvalue weighted by Gasteiger charge is 2.16. The fourth-order valence-corrected chi connectivity index (χ4v) is 3.46. The Hall–Kier alpha value is -3.52. The lowest BCUT2D eigenvalue weighted by molar-refractivity contribution is 1.11. The Kier molecular flexibility index (Phi) is 4.17. The molecular weight excluding hydrogens is 334 g/mol. The van der Waals surface area contributed by atoms with E-state index in [1.54, 1.807) is 0 Å². The first-order chi connectivity index (χ1) is 13.1. The van der Waals surface area contributed by atoms with Gasteiger partial charge in [0.05, 0.1) is 5.69 Å². The van der Waals surface area contributed by atoms with Crippen molar-refractivity contribution < 1.29 is 0 Å². The Morgan fingerprint density at radius 1 is 1.07 bits per heavy atom. The van der Waals surface area contributed by atoms with E-state index in [1.807, 2.05) is 55.4 Å². The predicted molar refractivity (Wildman–Crippen MR) is 111 cm³/mol. The maximum absolute atomic E-state index is 9.61. The first kappa shape index (κ1) is 16.9. The van der Waals surface area contributed by atoms with Gasteiger partial charge in [-0.3, -0.25) is 0 Å². The van der Waals surface area contributed by atoms with Crippen LogP contribution in [0.5, 0.6) is 0 Å². The quantitative estimate of drug-likeness (QED) is 0.745. The summed E-state index contributed by atoms with van der Waals surface area (Å²) in [6.45, 7) is 0.963. The lowest BCUT2D eigenvalue weighted by Gasteiger charge is -2.14. The van der Waals surface area contributed by atoms with Crippen LogP contribution in [0.2, 0.25) is 0 Å². The minimum Gasteiger partial charge on any atom is -0.384 e. The Morgan fingerprint density at radius 3 is 2.52 bits per heavy atom. The zero-order valence-corrected chi connectivity index (χ0v) is 15.5. The number of nitrogens with two attached hydrogens (primary N) is 1. The Labute approximate surface area is 159 Å². The molecule has 3 aromatic rings. The number of hydrogen-bond donors (Lipinski definition) is 2. The largest absolute Gasteiger partial charge is 0.384 e. The van der Waals surface area contributed by atoms with E-state index in [0.717, 1.165) is 41.0 Å². The lowest BCUT2D eigenvalue weighted by atomic mass is 9.97. The number of nitrogen functional groups attached to an aromatic ring is 1. The maximum Gasteiger partial charge on any atom is 0.142 e. The minimum atomic E-state index is 0.264. The number of fused-ring (bicyclic) bond motifs is 1. The first-order valence-corrected chi connectivity index (χ1v) is 8.92. The van der Waals surface area contributed by atoms with Crippen molar-refractivity contribution in [2.75, 3.05) is 36.6 Å². The molecule has 5 nitrogen and oxygen atoms in total. The summed E-state index contributed by atoms with van der Waals surface area (Å²) in [6, 6.07) is 18.6. The molecule has 0 radical (unpaired) electrons. The van der Waals surface area contributed by atoms with Crippen molar-refractivity contribution in [3.05, 3.63) is 59.7 Å². The topological polar surface area (TPSA) is 78.0 Å². The molecule has 0 amide bonds. The number of rotatable bonds is 3. The second-order valence-corrected chi connectivity index (χ2v) is 6.92. The van der Waals surface area contributed by atoms with Gasteiger partial charge in [0.15, 0.2) is 0 Å². The molecule has 5 heteroatoms. The van der Waals surface area contributed by atoms with Gasteiger partial charge in [-0.25, -0.2) is 4.98 Å². The summed E-state index contributed by atoms with van der Waals surface area (Å²) in [5.41, 5.74) is 13.7. The van der Waals surface area contributed by atoms with Crippen molar-refractivity contribution in [1.82, 2.24) is 4.98 Å². The molecule has 134 valence electrons. The molecule has 4 rings (SSSR count). The van der Waals surface area contributed by atoms with Crippen molar-refractivity contribution in [2.45, 2.75) is 6.42 Å². The van der Waals surface area contributed by atoms with Gasteiger partial charge in [0.1, 0.15) is 17.5 Å². The zero-order valence-electron chi connectivity index (χ0n) is 15.5. The Morgan fingerprint density at radius 2 is 1.81 bits per heavy atom. The highest BCUT2D eigenvalue weighted by molar-refractivity contribution is 5.81. The smallest absolute Gasteiger partial charge is 0.142 e. The van der Waals surface area contributed by atoms with E-state index in [0.29, 0.717) is 5.56 Å². The van der Waals surface area contributed by atoms with Crippen LogP contribution in [0, 0.1) is 11.3 Å². The van der Waals surface area contributed by atoms with E-state index in [9.17, 15) is 5.26 Å². The van der Waals surface area contributed by atoms with Crippen LogP contribution in [0.25, 0.3) is 22.4 Å². The molecule has 0 atom stereocenters. The summed E-state index contributed by atoms with van der Waals surface area (Å²) >= 11 is 0. The zero-order chi connectivity index (χ0) is 19.0. The van der Waals surface area contributed by atoms with Crippen LogP contribution in [0.4, 0.5) is 17.2 Å². The molecule has 0 aliphatic carbocycles. The summed E-state index contributed by atoms with van der Waals surface area (Å²) in [5.74, 6) is 0.264. The van der Waals surface area contributed by atoms with Gasteiger partial charge in [-0.15, -0.1) is 0 Å². The fraction of sp³-hybridized carbons (Fsp3) is 0.182. The number of anilines is 3.